The number of carbonyl (C=O) groups is 2. The summed E-state index contributed by atoms with van der Waals surface area (Å²) in [7, 11) is 0. The number of hydrogen-bond acceptors (Lipinski definition) is 5. The zero-order valence-corrected chi connectivity index (χ0v) is 21.0. The van der Waals surface area contributed by atoms with Gasteiger partial charge in [-0.1, -0.05) is 52.4 Å². The third-order valence-corrected chi connectivity index (χ3v) is 9.17. The Hall–Kier alpha value is -1.56. The lowest BCUT2D eigenvalue weighted by molar-refractivity contribution is 0.111. The summed E-state index contributed by atoms with van der Waals surface area (Å²) >= 11 is 5.20. The van der Waals surface area contributed by atoms with Crippen LogP contribution < -0.4 is 0 Å². The topological polar surface area (TPSA) is 34.1 Å². The summed E-state index contributed by atoms with van der Waals surface area (Å²) in [5.41, 5.74) is 4.48. The summed E-state index contributed by atoms with van der Waals surface area (Å²) in [4.78, 5) is 27.6. The van der Waals surface area contributed by atoms with Gasteiger partial charge in [0.05, 0.1) is 0 Å². The van der Waals surface area contributed by atoms with E-state index in [0.717, 1.165) is 36.5 Å². The Bertz CT molecular complexity index is 900. The van der Waals surface area contributed by atoms with Crippen LogP contribution in [0.15, 0.2) is 22.9 Å². The molecule has 0 aliphatic carbocycles. The van der Waals surface area contributed by atoms with Crippen molar-refractivity contribution in [2.75, 3.05) is 0 Å². The molecule has 3 heterocycles. The van der Waals surface area contributed by atoms with Gasteiger partial charge in [-0.2, -0.15) is 0 Å². The van der Waals surface area contributed by atoms with Crippen LogP contribution in [0.25, 0.3) is 19.5 Å². The highest BCUT2D eigenvalue weighted by Crippen LogP contribution is 2.47. The van der Waals surface area contributed by atoms with Gasteiger partial charge in [-0.25, -0.2) is 0 Å². The molecule has 0 aromatic carbocycles. The highest BCUT2D eigenvalue weighted by atomic mass is 32.1. The Morgan fingerprint density at radius 2 is 1.13 bits per heavy atom. The van der Waals surface area contributed by atoms with Crippen LogP contribution in [0.2, 0.25) is 0 Å². The van der Waals surface area contributed by atoms with Crippen LogP contribution in [0, 0.1) is 0 Å². The maximum atomic E-state index is 11.3. The highest BCUT2D eigenvalue weighted by molar-refractivity contribution is 7.26. The van der Waals surface area contributed by atoms with E-state index < -0.39 is 0 Å². The monoisotopic (exact) mass is 472 g/mol. The van der Waals surface area contributed by atoms with E-state index in [4.69, 9.17) is 0 Å². The fourth-order valence-corrected chi connectivity index (χ4v) is 7.35. The van der Waals surface area contributed by atoms with Crippen molar-refractivity contribution in [1.82, 2.24) is 0 Å². The molecule has 0 fully saturated rings. The van der Waals surface area contributed by atoms with E-state index in [2.05, 4.69) is 13.8 Å². The molecule has 3 aromatic heterocycles. The van der Waals surface area contributed by atoms with Gasteiger partial charge in [-0.05, 0) is 48.9 Å². The van der Waals surface area contributed by atoms with Crippen molar-refractivity contribution < 1.29 is 9.59 Å². The van der Waals surface area contributed by atoms with Gasteiger partial charge in [-0.15, -0.1) is 34.0 Å². The van der Waals surface area contributed by atoms with E-state index in [-0.39, 0.29) is 0 Å². The number of thiophene rings is 3. The lowest BCUT2D eigenvalue weighted by atomic mass is 9.96. The van der Waals surface area contributed by atoms with Gasteiger partial charge in [0, 0.05) is 41.4 Å². The quantitative estimate of drug-likeness (QED) is 0.173. The predicted molar refractivity (Wildman–Crippen MR) is 137 cm³/mol. The average Bonchev–Trinajstić information content (AvgIpc) is 3.52. The molecule has 5 heteroatoms. The predicted octanol–water partition coefficient (Wildman–Crippen LogP) is 9.08. The standard InChI is InChI=1S/C26H32O2S3/c1-3-5-7-9-11-21-22(12-10-8-6-4-2)26(24-14-20(16-28)18-30-24)31-25(21)23-13-19(15-27)17-29-23/h13-18H,3-12H2,1-2H3. The van der Waals surface area contributed by atoms with Gasteiger partial charge in [0.2, 0.25) is 0 Å². The second-order valence-corrected chi connectivity index (χ2v) is 10.9. The molecular formula is C26H32O2S3. The second kappa shape index (κ2) is 12.5. The molecule has 0 saturated carbocycles. The molecule has 0 bridgehead atoms. The number of aldehydes is 2. The molecule has 0 unspecified atom stereocenters. The first-order valence-corrected chi connectivity index (χ1v) is 14.0. The third kappa shape index (κ3) is 6.24. The zero-order chi connectivity index (χ0) is 22.1. The molecule has 0 saturated heterocycles. The maximum Gasteiger partial charge on any atom is 0.150 e. The van der Waals surface area contributed by atoms with Gasteiger partial charge in [-0.3, -0.25) is 9.59 Å². The Balaban J connectivity index is 2.03. The molecule has 166 valence electrons. The molecule has 0 aliphatic heterocycles. The van der Waals surface area contributed by atoms with Crippen LogP contribution in [-0.2, 0) is 12.8 Å². The summed E-state index contributed by atoms with van der Waals surface area (Å²) < 4.78 is 0. The van der Waals surface area contributed by atoms with Gasteiger partial charge in [0.15, 0.2) is 12.6 Å². The number of hydrogen-bond donors (Lipinski definition) is 0. The average molecular weight is 473 g/mol. The molecule has 0 spiro atoms. The minimum atomic E-state index is 0.760. The summed E-state index contributed by atoms with van der Waals surface area (Å²) in [6.45, 7) is 4.50. The van der Waals surface area contributed by atoms with Gasteiger partial charge >= 0.3 is 0 Å². The largest absolute Gasteiger partial charge is 0.298 e. The first kappa shape index (κ1) is 24.1. The van der Waals surface area contributed by atoms with Crippen molar-refractivity contribution in [3.63, 3.8) is 0 Å². The lowest BCUT2D eigenvalue weighted by Gasteiger charge is -2.09. The molecule has 0 radical (unpaired) electrons. The van der Waals surface area contributed by atoms with Gasteiger partial charge in [0.25, 0.3) is 0 Å². The highest BCUT2D eigenvalue weighted by Gasteiger charge is 2.22. The minimum absolute atomic E-state index is 0.760. The molecule has 3 rings (SSSR count). The van der Waals surface area contributed by atoms with Crippen LogP contribution in [0.1, 0.15) is 97.1 Å². The van der Waals surface area contributed by atoms with Crippen molar-refractivity contribution >= 4 is 46.6 Å². The van der Waals surface area contributed by atoms with Crippen LogP contribution in [0.5, 0.6) is 0 Å². The molecule has 31 heavy (non-hydrogen) atoms. The van der Waals surface area contributed by atoms with E-state index in [1.807, 2.05) is 34.2 Å². The van der Waals surface area contributed by atoms with E-state index in [1.165, 1.54) is 82.0 Å². The Morgan fingerprint density at radius 3 is 1.48 bits per heavy atom. The van der Waals surface area contributed by atoms with Crippen molar-refractivity contribution in [2.45, 2.75) is 78.1 Å². The Labute approximate surface area is 198 Å². The van der Waals surface area contributed by atoms with Crippen LogP contribution >= 0.6 is 34.0 Å². The van der Waals surface area contributed by atoms with Crippen molar-refractivity contribution in [2.24, 2.45) is 0 Å². The van der Waals surface area contributed by atoms with Crippen molar-refractivity contribution in [3.05, 3.63) is 45.1 Å². The second-order valence-electron chi connectivity index (χ2n) is 8.06. The van der Waals surface area contributed by atoms with E-state index in [9.17, 15) is 9.59 Å². The summed E-state index contributed by atoms with van der Waals surface area (Å²) in [5, 5.41) is 3.91. The Morgan fingerprint density at radius 1 is 0.677 bits per heavy atom. The maximum absolute atomic E-state index is 11.3. The van der Waals surface area contributed by atoms with E-state index in [0.29, 0.717) is 0 Å². The molecule has 0 N–H and O–H groups in total. The number of unbranched alkanes of at least 4 members (excludes halogenated alkanes) is 6. The van der Waals surface area contributed by atoms with Crippen LogP contribution in [0.3, 0.4) is 0 Å². The summed E-state index contributed by atoms with van der Waals surface area (Å²) in [5.74, 6) is 0. The van der Waals surface area contributed by atoms with Crippen LogP contribution in [0.4, 0.5) is 0 Å². The molecule has 0 amide bonds. The molecule has 3 aromatic rings. The van der Waals surface area contributed by atoms with E-state index in [1.54, 1.807) is 22.7 Å². The van der Waals surface area contributed by atoms with Crippen LogP contribution in [-0.4, -0.2) is 12.6 Å². The van der Waals surface area contributed by atoms with Crippen molar-refractivity contribution in [3.8, 4) is 19.5 Å². The van der Waals surface area contributed by atoms with E-state index >= 15 is 0 Å². The van der Waals surface area contributed by atoms with Crippen molar-refractivity contribution in [1.29, 1.82) is 0 Å². The van der Waals surface area contributed by atoms with Gasteiger partial charge < -0.3 is 0 Å². The number of carbonyl (C=O) groups excluding carboxylic acids is 2. The summed E-state index contributed by atoms with van der Waals surface area (Å²) in [6, 6.07) is 4.07. The fraction of sp³-hybridized carbons (Fsp3) is 0.462. The SMILES string of the molecule is CCCCCCc1c(-c2cc(C=O)cs2)sc(-c2cc(C=O)cs2)c1CCCCCC. The number of rotatable bonds is 14. The van der Waals surface area contributed by atoms with Gasteiger partial charge in [0.1, 0.15) is 0 Å². The summed E-state index contributed by atoms with van der Waals surface area (Å²) in [6.07, 6.45) is 14.0. The zero-order valence-electron chi connectivity index (χ0n) is 18.6. The minimum Gasteiger partial charge on any atom is -0.298 e. The molecule has 0 atom stereocenters. The normalized spacial score (nSPS) is 11.2. The first-order chi connectivity index (χ1) is 15.2. The lowest BCUT2D eigenvalue weighted by Crippen LogP contribution is -1.95. The molecule has 0 aliphatic rings. The molecular weight excluding hydrogens is 440 g/mol. The smallest absolute Gasteiger partial charge is 0.150 e. The Kier molecular flexibility index (Phi) is 9.69. The fourth-order valence-electron chi connectivity index (χ4n) is 3.95. The third-order valence-electron chi connectivity index (χ3n) is 5.64. The molecule has 2 nitrogen and oxygen atoms in total. The first-order valence-electron chi connectivity index (χ1n) is 11.4.